The Morgan fingerprint density at radius 1 is 0.476 bits per heavy atom. The first-order valence-electron chi connectivity index (χ1n) is 14.6. The van der Waals surface area contributed by atoms with E-state index in [1.54, 1.807) is 0 Å². The molecule has 1 heterocycles. The fraction of sp³-hybridized carbons (Fsp3) is 0.100. The van der Waals surface area contributed by atoms with E-state index in [0.29, 0.717) is 0 Å². The second-order valence-corrected chi connectivity index (χ2v) is 13.6. The van der Waals surface area contributed by atoms with E-state index < -0.39 is 5.41 Å². The Morgan fingerprint density at radius 2 is 1.02 bits per heavy atom. The van der Waals surface area contributed by atoms with Crippen molar-refractivity contribution in [2.75, 3.05) is 0 Å². The summed E-state index contributed by atoms with van der Waals surface area (Å²) in [4.78, 5) is 2.54. The third-order valence-electron chi connectivity index (χ3n) is 9.83. The molecule has 0 nitrogen and oxygen atoms in total. The van der Waals surface area contributed by atoms with Crippen LogP contribution < -0.4 is 0 Å². The molecule has 0 amide bonds. The summed E-state index contributed by atoms with van der Waals surface area (Å²) < 4.78 is 0. The van der Waals surface area contributed by atoms with Crippen molar-refractivity contribution < 1.29 is 0 Å². The van der Waals surface area contributed by atoms with Crippen LogP contribution in [0.15, 0.2) is 137 Å². The highest BCUT2D eigenvalue weighted by Crippen LogP contribution is 2.65. The van der Waals surface area contributed by atoms with E-state index in [4.69, 9.17) is 11.6 Å². The minimum Gasteiger partial charge on any atom is -0.0887 e. The molecule has 0 N–H and O–H groups in total. The zero-order chi connectivity index (χ0) is 28.2. The predicted molar refractivity (Wildman–Crippen MR) is 176 cm³/mol. The molecule has 6 aromatic carbocycles. The number of rotatable bonds is 1. The van der Waals surface area contributed by atoms with Gasteiger partial charge in [-0.2, -0.15) is 0 Å². The first-order chi connectivity index (χ1) is 20.5. The lowest BCUT2D eigenvalue weighted by Crippen LogP contribution is -2.32. The largest absolute Gasteiger partial charge is 0.0887 e. The maximum absolute atomic E-state index is 7.40. The van der Waals surface area contributed by atoms with E-state index in [0.717, 1.165) is 5.02 Å². The standard InChI is InChI=1S/C40H27ClS/c1-39(2)29-16-6-5-14-28(29)36-26(15-11-20-33(36)39)27-22-23-34(41)37-38(27)42-35-21-10-9-19-32(35)40(37)30-17-7-3-12-24(30)25-13-4-8-18-31(25)40/h3-23H,1-2H3. The lowest BCUT2D eigenvalue weighted by Gasteiger charge is -2.41. The minimum atomic E-state index is -0.493. The summed E-state index contributed by atoms with van der Waals surface area (Å²) in [6.07, 6.45) is 0. The fourth-order valence-electron chi connectivity index (χ4n) is 8.11. The van der Waals surface area contributed by atoms with Crippen LogP contribution in [0.4, 0.5) is 0 Å². The molecule has 1 aliphatic heterocycles. The topological polar surface area (TPSA) is 0 Å². The molecule has 0 saturated heterocycles. The molecule has 0 radical (unpaired) electrons. The van der Waals surface area contributed by atoms with Crippen LogP contribution in [0.25, 0.3) is 33.4 Å². The van der Waals surface area contributed by atoms with Crippen LogP contribution in [0.5, 0.6) is 0 Å². The fourth-order valence-corrected chi connectivity index (χ4v) is 9.82. The van der Waals surface area contributed by atoms with Gasteiger partial charge in [-0.25, -0.2) is 0 Å². The lowest BCUT2D eigenvalue weighted by atomic mass is 9.67. The number of hydrogen-bond acceptors (Lipinski definition) is 1. The molecular weight excluding hydrogens is 548 g/mol. The Balaban J connectivity index is 1.43. The third kappa shape index (κ3) is 2.91. The summed E-state index contributed by atoms with van der Waals surface area (Å²) in [6, 6.07) is 47.0. The molecule has 0 saturated carbocycles. The Morgan fingerprint density at radius 3 is 1.74 bits per heavy atom. The van der Waals surface area contributed by atoms with Gasteiger partial charge in [0, 0.05) is 25.8 Å². The van der Waals surface area contributed by atoms with Crippen LogP contribution >= 0.6 is 23.4 Å². The van der Waals surface area contributed by atoms with Gasteiger partial charge < -0.3 is 0 Å². The normalized spacial score (nSPS) is 15.8. The summed E-state index contributed by atoms with van der Waals surface area (Å²) in [5.74, 6) is 0. The molecule has 9 rings (SSSR count). The van der Waals surface area contributed by atoms with Gasteiger partial charge in [-0.3, -0.25) is 0 Å². The van der Waals surface area contributed by atoms with Gasteiger partial charge in [0.15, 0.2) is 0 Å². The molecular formula is C40H27ClS. The Kier molecular flexibility index (Phi) is 4.97. The minimum absolute atomic E-state index is 0.0568. The van der Waals surface area contributed by atoms with Crippen LogP contribution in [0.1, 0.15) is 47.2 Å². The first-order valence-corrected chi connectivity index (χ1v) is 15.8. The van der Waals surface area contributed by atoms with Crippen molar-refractivity contribution >= 4 is 23.4 Å². The summed E-state index contributed by atoms with van der Waals surface area (Å²) >= 11 is 9.27. The molecule has 42 heavy (non-hydrogen) atoms. The maximum Gasteiger partial charge on any atom is 0.0750 e. The van der Waals surface area contributed by atoms with Gasteiger partial charge in [0.2, 0.25) is 0 Å². The van der Waals surface area contributed by atoms with Gasteiger partial charge in [0.25, 0.3) is 0 Å². The van der Waals surface area contributed by atoms with Crippen LogP contribution in [0.2, 0.25) is 5.02 Å². The third-order valence-corrected chi connectivity index (χ3v) is 11.4. The van der Waals surface area contributed by atoms with Crippen molar-refractivity contribution in [1.29, 1.82) is 0 Å². The highest BCUT2D eigenvalue weighted by molar-refractivity contribution is 7.99. The van der Waals surface area contributed by atoms with E-state index in [2.05, 4.69) is 141 Å². The highest BCUT2D eigenvalue weighted by Gasteiger charge is 2.51. The highest BCUT2D eigenvalue weighted by atomic mass is 35.5. The van der Waals surface area contributed by atoms with Gasteiger partial charge in [-0.15, -0.1) is 0 Å². The smallest absolute Gasteiger partial charge is 0.0750 e. The molecule has 1 spiro atoms. The van der Waals surface area contributed by atoms with E-state index in [-0.39, 0.29) is 5.41 Å². The van der Waals surface area contributed by atoms with Gasteiger partial charge in [0.05, 0.1) is 5.41 Å². The molecule has 0 atom stereocenters. The van der Waals surface area contributed by atoms with Crippen molar-refractivity contribution in [3.8, 4) is 33.4 Å². The average molecular weight is 575 g/mol. The van der Waals surface area contributed by atoms with E-state index >= 15 is 0 Å². The van der Waals surface area contributed by atoms with Gasteiger partial charge in [0.1, 0.15) is 0 Å². The van der Waals surface area contributed by atoms with Crippen LogP contribution in [-0.2, 0) is 10.8 Å². The Hall–Kier alpha value is -4.04. The van der Waals surface area contributed by atoms with Gasteiger partial charge in [-0.05, 0) is 73.3 Å². The summed E-state index contributed by atoms with van der Waals surface area (Å²) in [6.45, 7) is 4.70. The summed E-state index contributed by atoms with van der Waals surface area (Å²) in [5.41, 5.74) is 15.2. The van der Waals surface area contributed by atoms with E-state index in [1.165, 1.54) is 76.6 Å². The zero-order valence-corrected chi connectivity index (χ0v) is 25.0. The van der Waals surface area contributed by atoms with Gasteiger partial charge >= 0.3 is 0 Å². The predicted octanol–water partition coefficient (Wildman–Crippen LogP) is 11.1. The molecule has 6 aromatic rings. The van der Waals surface area contributed by atoms with Crippen LogP contribution in [-0.4, -0.2) is 0 Å². The maximum atomic E-state index is 7.40. The van der Waals surface area contributed by atoms with Crippen LogP contribution in [0.3, 0.4) is 0 Å². The Bertz CT molecular complexity index is 2070. The number of hydrogen-bond donors (Lipinski definition) is 0. The molecule has 0 aromatic heterocycles. The number of benzene rings is 6. The number of halogens is 1. The first kappa shape index (κ1) is 24.5. The van der Waals surface area contributed by atoms with Crippen molar-refractivity contribution in [2.24, 2.45) is 0 Å². The van der Waals surface area contributed by atoms with E-state index in [9.17, 15) is 0 Å². The summed E-state index contributed by atoms with van der Waals surface area (Å²) in [7, 11) is 0. The monoisotopic (exact) mass is 574 g/mol. The van der Waals surface area contributed by atoms with Crippen molar-refractivity contribution in [1.82, 2.24) is 0 Å². The molecule has 0 unspecified atom stereocenters. The zero-order valence-electron chi connectivity index (χ0n) is 23.4. The quantitative estimate of drug-likeness (QED) is 0.188. The van der Waals surface area contributed by atoms with Crippen molar-refractivity contribution in [2.45, 2.75) is 34.5 Å². The molecule has 2 heteroatoms. The van der Waals surface area contributed by atoms with E-state index in [1.807, 2.05) is 11.8 Å². The molecule has 0 bridgehead atoms. The van der Waals surface area contributed by atoms with Crippen LogP contribution in [0, 0.1) is 0 Å². The summed E-state index contributed by atoms with van der Waals surface area (Å²) in [5, 5.41) is 0.815. The SMILES string of the molecule is CC1(C)c2ccccc2-c2c(-c3ccc(Cl)c4c3Sc3ccccc3C43c4ccccc4-c4ccccc43)cccc21. The second kappa shape index (κ2) is 8.51. The lowest BCUT2D eigenvalue weighted by molar-refractivity contribution is 0.660. The second-order valence-electron chi connectivity index (χ2n) is 12.1. The van der Waals surface area contributed by atoms with Gasteiger partial charge in [-0.1, -0.05) is 152 Å². The average Bonchev–Trinajstić information content (AvgIpc) is 3.44. The molecule has 3 aliphatic rings. The molecule has 0 fully saturated rings. The van der Waals surface area contributed by atoms with Crippen molar-refractivity contribution in [3.63, 3.8) is 0 Å². The van der Waals surface area contributed by atoms with Crippen molar-refractivity contribution in [3.05, 3.63) is 166 Å². The molecule has 200 valence electrons. The Labute approximate surface area is 256 Å². The number of fused-ring (bicyclic) bond motifs is 12. The molecule has 2 aliphatic carbocycles.